The Labute approximate surface area is 240 Å². The number of aldehydes is 1. The fourth-order valence-electron chi connectivity index (χ4n) is 4.33. The van der Waals surface area contributed by atoms with Gasteiger partial charge in [-0.25, -0.2) is 13.8 Å². The number of nitrogens with zero attached hydrogens (tertiary/aromatic N) is 3. The molecule has 5 rings (SSSR count). The molecule has 5 aromatic rings. The average Bonchev–Trinajstić information content (AvgIpc) is 3.40. The van der Waals surface area contributed by atoms with E-state index >= 15 is 8.78 Å². The second kappa shape index (κ2) is 12.5. The second-order valence-corrected chi connectivity index (χ2v) is 9.41. The number of aryl methyl sites for hydroxylation is 1. The van der Waals surface area contributed by atoms with Crippen LogP contribution in [0.25, 0.3) is 33.3 Å². The van der Waals surface area contributed by atoms with Crippen LogP contribution in [0.4, 0.5) is 8.78 Å². The Hall–Kier alpha value is -5.22. The summed E-state index contributed by atoms with van der Waals surface area (Å²) in [6.07, 6.45) is 2.12. The molecule has 0 aliphatic heterocycles. The third-order valence-corrected chi connectivity index (χ3v) is 6.63. The Morgan fingerprint density at radius 2 is 1.69 bits per heavy atom. The Morgan fingerprint density at radius 1 is 1.00 bits per heavy atom. The summed E-state index contributed by atoms with van der Waals surface area (Å²) in [5.74, 6) is -0.887. The molecule has 0 saturated carbocycles. The standard InChI is InChI=1S/C32H27F2N5O3/c1-19-3-12-25(15-24(19)17-40)42-32-38-27-16-26(33)28(29(34)30(27)39-32)22-8-4-20(5-9-22)21-6-10-23(11-7-21)31(35)37-18-36-13-14-41-2/h3-12,15-18H,13-14H2,1-2H3,(H,38,39)(H2,35,36,37). The zero-order valence-electron chi connectivity index (χ0n) is 22.9. The number of ether oxygens (including phenoxy) is 2. The van der Waals surface area contributed by atoms with Gasteiger partial charge in [-0.15, -0.1) is 0 Å². The first-order chi connectivity index (χ1) is 20.4. The van der Waals surface area contributed by atoms with E-state index in [9.17, 15) is 4.79 Å². The van der Waals surface area contributed by atoms with Gasteiger partial charge in [0.1, 0.15) is 35.5 Å². The molecule has 0 atom stereocenters. The van der Waals surface area contributed by atoms with Crippen molar-refractivity contribution in [3.63, 3.8) is 0 Å². The fourth-order valence-corrected chi connectivity index (χ4v) is 4.33. The van der Waals surface area contributed by atoms with Crippen molar-refractivity contribution in [3.8, 4) is 34.0 Å². The monoisotopic (exact) mass is 567 g/mol. The van der Waals surface area contributed by atoms with E-state index in [1.807, 2.05) is 24.3 Å². The number of methoxy groups -OCH3 is 1. The first-order valence-corrected chi connectivity index (χ1v) is 13.0. The van der Waals surface area contributed by atoms with Crippen molar-refractivity contribution in [3.05, 3.63) is 101 Å². The van der Waals surface area contributed by atoms with E-state index in [2.05, 4.69) is 20.0 Å². The summed E-state index contributed by atoms with van der Waals surface area (Å²) in [6.45, 7) is 2.80. The number of halogens is 2. The molecule has 4 aromatic carbocycles. The summed E-state index contributed by atoms with van der Waals surface area (Å²) in [7, 11) is 1.60. The highest BCUT2D eigenvalue weighted by molar-refractivity contribution is 6.01. The summed E-state index contributed by atoms with van der Waals surface area (Å²) < 4.78 is 41.3. The number of imidazole rings is 1. The van der Waals surface area contributed by atoms with Gasteiger partial charge in [0, 0.05) is 24.3 Å². The quantitative estimate of drug-likeness (QED) is 0.0869. The lowest BCUT2D eigenvalue weighted by molar-refractivity contribution is 0.112. The molecule has 0 fully saturated rings. The second-order valence-electron chi connectivity index (χ2n) is 9.41. The first-order valence-electron chi connectivity index (χ1n) is 13.0. The number of H-pyrrole nitrogens is 1. The van der Waals surface area contributed by atoms with Gasteiger partial charge in [0.25, 0.3) is 6.01 Å². The van der Waals surface area contributed by atoms with Crippen molar-refractivity contribution in [2.75, 3.05) is 20.3 Å². The van der Waals surface area contributed by atoms with Crippen LogP contribution in [0.2, 0.25) is 0 Å². The third kappa shape index (κ3) is 6.08. The molecule has 1 aromatic heterocycles. The third-order valence-electron chi connectivity index (χ3n) is 6.63. The Balaban J connectivity index is 1.36. The summed E-state index contributed by atoms with van der Waals surface area (Å²) in [5, 5.41) is 0. The SMILES string of the molecule is COCCN=CN=C(N)c1ccc(-c2ccc(-c3c(F)cc4[nH]c(Oc5ccc(C)c(C=O)c5)nc4c3F)cc2)cc1. The lowest BCUT2D eigenvalue weighted by Crippen LogP contribution is -2.13. The van der Waals surface area contributed by atoms with Crippen LogP contribution in [0, 0.1) is 18.6 Å². The van der Waals surface area contributed by atoms with Crippen molar-refractivity contribution in [2.45, 2.75) is 6.92 Å². The van der Waals surface area contributed by atoms with Crippen LogP contribution in [0.3, 0.4) is 0 Å². The van der Waals surface area contributed by atoms with Gasteiger partial charge in [0.05, 0.1) is 24.2 Å². The minimum Gasteiger partial charge on any atom is -0.426 e. The molecule has 3 N–H and O–H groups in total. The number of fused-ring (bicyclic) bond motifs is 1. The molecule has 42 heavy (non-hydrogen) atoms. The molecule has 1 heterocycles. The van der Waals surface area contributed by atoms with E-state index in [1.165, 1.54) is 12.4 Å². The van der Waals surface area contributed by atoms with E-state index in [4.69, 9.17) is 15.2 Å². The van der Waals surface area contributed by atoms with E-state index in [-0.39, 0.29) is 22.6 Å². The highest BCUT2D eigenvalue weighted by Gasteiger charge is 2.20. The normalized spacial score (nSPS) is 11.9. The minimum atomic E-state index is -0.814. The van der Waals surface area contributed by atoms with Gasteiger partial charge < -0.3 is 20.2 Å². The van der Waals surface area contributed by atoms with Crippen LogP contribution in [0.15, 0.2) is 82.8 Å². The van der Waals surface area contributed by atoms with Gasteiger partial charge in [0.15, 0.2) is 5.82 Å². The Bertz CT molecular complexity index is 1800. The maximum absolute atomic E-state index is 15.6. The highest BCUT2D eigenvalue weighted by atomic mass is 19.1. The van der Waals surface area contributed by atoms with Gasteiger partial charge in [-0.2, -0.15) is 4.98 Å². The average molecular weight is 568 g/mol. The number of carbonyl (C=O) groups excluding carboxylic acids is 1. The lowest BCUT2D eigenvalue weighted by atomic mass is 9.98. The maximum atomic E-state index is 15.6. The maximum Gasteiger partial charge on any atom is 0.300 e. The minimum absolute atomic E-state index is 0.0241. The molecule has 212 valence electrons. The van der Waals surface area contributed by atoms with Crippen LogP contribution < -0.4 is 10.5 Å². The van der Waals surface area contributed by atoms with Crippen molar-refractivity contribution in [1.29, 1.82) is 0 Å². The molecule has 0 radical (unpaired) electrons. The predicted octanol–water partition coefficient (Wildman–Crippen LogP) is 6.47. The first kappa shape index (κ1) is 28.3. The van der Waals surface area contributed by atoms with Crippen molar-refractivity contribution in [2.24, 2.45) is 15.7 Å². The summed E-state index contributed by atoms with van der Waals surface area (Å²) in [6, 6.07) is 20.4. The smallest absolute Gasteiger partial charge is 0.300 e. The molecule has 0 aliphatic rings. The van der Waals surface area contributed by atoms with Crippen LogP contribution in [0.5, 0.6) is 11.8 Å². The molecule has 0 bridgehead atoms. The Kier molecular flexibility index (Phi) is 8.44. The number of nitrogens with two attached hydrogens (primary N) is 1. The van der Waals surface area contributed by atoms with Crippen molar-refractivity contribution < 1.29 is 23.0 Å². The van der Waals surface area contributed by atoms with Crippen LogP contribution in [-0.4, -0.2) is 48.7 Å². The largest absolute Gasteiger partial charge is 0.426 e. The van der Waals surface area contributed by atoms with Gasteiger partial charge >= 0.3 is 0 Å². The molecular weight excluding hydrogens is 540 g/mol. The number of rotatable bonds is 10. The number of hydrogen-bond acceptors (Lipinski definition) is 5. The number of carbonyl (C=O) groups is 1. The van der Waals surface area contributed by atoms with Crippen LogP contribution in [0.1, 0.15) is 21.5 Å². The number of aromatic amines is 1. The van der Waals surface area contributed by atoms with E-state index in [1.54, 1.807) is 56.5 Å². The number of amidine groups is 1. The van der Waals surface area contributed by atoms with Gasteiger partial charge in [-0.3, -0.25) is 9.79 Å². The zero-order valence-corrected chi connectivity index (χ0v) is 22.9. The molecule has 8 nitrogen and oxygen atoms in total. The highest BCUT2D eigenvalue weighted by Crippen LogP contribution is 2.34. The molecule has 0 unspecified atom stereocenters. The molecule has 10 heteroatoms. The van der Waals surface area contributed by atoms with Crippen LogP contribution in [-0.2, 0) is 4.74 Å². The van der Waals surface area contributed by atoms with E-state index in [0.29, 0.717) is 35.9 Å². The van der Waals surface area contributed by atoms with Crippen molar-refractivity contribution >= 4 is 29.5 Å². The predicted molar refractivity (Wildman–Crippen MR) is 159 cm³/mol. The zero-order chi connectivity index (χ0) is 29.6. The lowest BCUT2D eigenvalue weighted by Gasteiger charge is -2.08. The van der Waals surface area contributed by atoms with E-state index in [0.717, 1.165) is 28.5 Å². The van der Waals surface area contributed by atoms with Gasteiger partial charge in [0.2, 0.25) is 0 Å². The number of aromatic nitrogens is 2. The van der Waals surface area contributed by atoms with Crippen molar-refractivity contribution in [1.82, 2.24) is 9.97 Å². The molecular formula is C32H27F2N5O3. The van der Waals surface area contributed by atoms with Crippen LogP contribution >= 0.6 is 0 Å². The van der Waals surface area contributed by atoms with E-state index < -0.39 is 11.6 Å². The molecule has 0 saturated heterocycles. The molecule has 0 amide bonds. The number of nitrogens with one attached hydrogen (secondary N) is 1. The number of hydrogen-bond donors (Lipinski definition) is 2. The Morgan fingerprint density at radius 3 is 2.38 bits per heavy atom. The summed E-state index contributed by atoms with van der Waals surface area (Å²) >= 11 is 0. The van der Waals surface area contributed by atoms with Gasteiger partial charge in [-0.1, -0.05) is 54.6 Å². The number of benzene rings is 4. The number of aliphatic imine (C=N–C) groups is 2. The molecule has 0 spiro atoms. The fraction of sp³-hybridized carbons (Fsp3) is 0.125. The topological polar surface area (TPSA) is 115 Å². The van der Waals surface area contributed by atoms with Gasteiger partial charge in [-0.05, 0) is 41.3 Å². The summed E-state index contributed by atoms with van der Waals surface area (Å²) in [4.78, 5) is 26.4. The molecule has 0 aliphatic carbocycles. The summed E-state index contributed by atoms with van der Waals surface area (Å²) in [5.41, 5.74) is 10.0.